The summed E-state index contributed by atoms with van der Waals surface area (Å²) in [6.45, 7) is 0.255. The van der Waals surface area contributed by atoms with Gasteiger partial charge >= 0.3 is 6.01 Å². The van der Waals surface area contributed by atoms with Gasteiger partial charge in [-0.25, -0.2) is 12.8 Å². The van der Waals surface area contributed by atoms with E-state index in [1.54, 1.807) is 18.2 Å². The van der Waals surface area contributed by atoms with Gasteiger partial charge < -0.3 is 13.9 Å². The Labute approximate surface area is 195 Å². The molecule has 1 fully saturated rings. The van der Waals surface area contributed by atoms with Gasteiger partial charge in [0.15, 0.2) is 0 Å². The van der Waals surface area contributed by atoms with Gasteiger partial charge in [-0.3, -0.25) is 10.1 Å². The predicted molar refractivity (Wildman–Crippen MR) is 119 cm³/mol. The first kappa shape index (κ1) is 23.6. The number of hydrogen-bond acceptors (Lipinski definition) is 8. The number of methoxy groups -OCH3 is 2. The van der Waals surface area contributed by atoms with Crippen LogP contribution in [0.1, 0.15) is 12.8 Å². The van der Waals surface area contributed by atoms with Gasteiger partial charge in [0.25, 0.3) is 0 Å². The van der Waals surface area contributed by atoms with Crippen molar-refractivity contribution in [2.75, 3.05) is 32.6 Å². The highest BCUT2D eigenvalue weighted by atomic mass is 32.2. The number of nitrogens with zero attached hydrogens (tertiary/aromatic N) is 3. The van der Waals surface area contributed by atoms with Gasteiger partial charge in [0.05, 0.1) is 25.0 Å². The molecule has 0 unspecified atom stereocenters. The van der Waals surface area contributed by atoms with E-state index >= 15 is 0 Å². The summed E-state index contributed by atoms with van der Waals surface area (Å²) >= 11 is 0. The summed E-state index contributed by atoms with van der Waals surface area (Å²) in [4.78, 5) is 12.8. The topological polar surface area (TPSA) is 124 Å². The first-order valence-electron chi connectivity index (χ1n) is 10.4. The zero-order valence-electron chi connectivity index (χ0n) is 18.5. The number of amides is 1. The van der Waals surface area contributed by atoms with Gasteiger partial charge in [-0.15, -0.1) is 5.10 Å². The highest BCUT2D eigenvalue weighted by molar-refractivity contribution is 7.89. The van der Waals surface area contributed by atoms with Crippen molar-refractivity contribution in [1.29, 1.82) is 0 Å². The molecule has 1 N–H and O–H groups in total. The fraction of sp³-hybridized carbons (Fsp3) is 0.318. The molecule has 0 bridgehead atoms. The summed E-state index contributed by atoms with van der Waals surface area (Å²) in [7, 11) is -0.820. The Hall–Kier alpha value is -3.51. The number of anilines is 1. The molecule has 1 aliphatic rings. The quantitative estimate of drug-likeness (QED) is 0.536. The average Bonchev–Trinajstić information content (AvgIpc) is 3.32. The zero-order valence-corrected chi connectivity index (χ0v) is 19.3. The molecular weight excluding hydrogens is 467 g/mol. The number of piperidine rings is 1. The van der Waals surface area contributed by atoms with Gasteiger partial charge in [0, 0.05) is 24.7 Å². The predicted octanol–water partition coefficient (Wildman–Crippen LogP) is 2.93. The van der Waals surface area contributed by atoms with E-state index < -0.39 is 27.7 Å². The van der Waals surface area contributed by atoms with Gasteiger partial charge in [0.1, 0.15) is 17.3 Å². The van der Waals surface area contributed by atoms with Crippen molar-refractivity contribution >= 4 is 21.9 Å². The van der Waals surface area contributed by atoms with Crippen molar-refractivity contribution in [3.8, 4) is 23.0 Å². The van der Waals surface area contributed by atoms with Crippen LogP contribution in [0.25, 0.3) is 11.5 Å². The lowest BCUT2D eigenvalue weighted by molar-refractivity contribution is -0.121. The Morgan fingerprint density at radius 1 is 1.12 bits per heavy atom. The lowest BCUT2D eigenvalue weighted by atomic mass is 9.99. The van der Waals surface area contributed by atoms with Crippen LogP contribution in [0.2, 0.25) is 0 Å². The molecule has 4 rings (SSSR count). The smallest absolute Gasteiger partial charge is 0.322 e. The van der Waals surface area contributed by atoms with Crippen LogP contribution in [-0.4, -0.2) is 56.1 Å². The molecule has 1 aliphatic heterocycles. The summed E-state index contributed by atoms with van der Waals surface area (Å²) in [6.07, 6.45) is 0.993. The molecule has 180 valence electrons. The lowest BCUT2D eigenvalue weighted by Crippen LogP contribution is -2.43. The monoisotopic (exact) mass is 490 g/mol. The Balaban J connectivity index is 1.45. The average molecular weight is 491 g/mol. The van der Waals surface area contributed by atoms with E-state index in [-0.39, 0.29) is 29.9 Å². The van der Waals surface area contributed by atoms with Crippen LogP contribution in [0.3, 0.4) is 0 Å². The molecule has 0 aliphatic carbocycles. The summed E-state index contributed by atoms with van der Waals surface area (Å²) in [6, 6.07) is 9.54. The van der Waals surface area contributed by atoms with E-state index in [2.05, 4.69) is 15.5 Å². The normalized spacial score (nSPS) is 16.7. The van der Waals surface area contributed by atoms with Crippen molar-refractivity contribution in [1.82, 2.24) is 14.5 Å². The minimum atomic E-state index is -3.85. The highest BCUT2D eigenvalue weighted by Gasteiger charge is 2.34. The Kier molecular flexibility index (Phi) is 6.80. The van der Waals surface area contributed by atoms with Crippen LogP contribution in [0.15, 0.2) is 51.8 Å². The Bertz CT molecular complexity index is 1260. The fourth-order valence-electron chi connectivity index (χ4n) is 3.66. The number of halogens is 1. The van der Waals surface area contributed by atoms with Crippen LogP contribution in [0.5, 0.6) is 11.5 Å². The minimum absolute atomic E-state index is 0.0143. The molecule has 10 nitrogen and oxygen atoms in total. The van der Waals surface area contributed by atoms with E-state index in [4.69, 9.17) is 13.9 Å². The van der Waals surface area contributed by atoms with Gasteiger partial charge in [0.2, 0.25) is 21.8 Å². The number of carbonyl (C=O) groups excluding carboxylic acids is 1. The number of aromatic nitrogens is 2. The molecule has 0 saturated carbocycles. The molecular formula is C22H23FN4O6S. The lowest BCUT2D eigenvalue weighted by Gasteiger charge is -2.30. The highest BCUT2D eigenvalue weighted by Crippen LogP contribution is 2.30. The molecule has 2 aromatic carbocycles. The van der Waals surface area contributed by atoms with E-state index in [0.29, 0.717) is 29.9 Å². The zero-order chi connectivity index (χ0) is 24.3. The van der Waals surface area contributed by atoms with E-state index in [9.17, 15) is 17.6 Å². The van der Waals surface area contributed by atoms with E-state index in [1.165, 1.54) is 30.7 Å². The largest absolute Gasteiger partial charge is 0.497 e. The third kappa shape index (κ3) is 5.02. The number of nitrogens with one attached hydrogen (secondary N) is 1. The van der Waals surface area contributed by atoms with E-state index in [1.807, 2.05) is 0 Å². The summed E-state index contributed by atoms with van der Waals surface area (Å²) in [5.41, 5.74) is 0.540. The van der Waals surface area contributed by atoms with Crippen molar-refractivity contribution in [2.24, 2.45) is 5.92 Å². The third-order valence-corrected chi connectivity index (χ3v) is 7.34. The maximum Gasteiger partial charge on any atom is 0.322 e. The van der Waals surface area contributed by atoms with Crippen molar-refractivity contribution in [3.63, 3.8) is 0 Å². The number of ether oxygens (including phenoxy) is 2. The number of carbonyl (C=O) groups is 1. The summed E-state index contributed by atoms with van der Waals surface area (Å²) in [5.74, 6) is -0.364. The van der Waals surface area contributed by atoms with Crippen LogP contribution in [0, 0.1) is 11.7 Å². The molecule has 1 atom stereocenters. The van der Waals surface area contributed by atoms with Crippen LogP contribution >= 0.6 is 0 Å². The standard InChI is InChI=1S/C22H23FN4O6S/c1-31-17-10-15(11-18(12-17)32-2)21-25-26-22(33-21)24-20(28)14-4-3-9-27(13-14)34(29,30)19-7-5-16(23)6-8-19/h5-8,10-12,14H,3-4,9,13H2,1-2H3,(H,24,26,28)/t14-/m1/s1. The maximum atomic E-state index is 13.2. The van der Waals surface area contributed by atoms with Crippen molar-refractivity contribution in [2.45, 2.75) is 17.7 Å². The SMILES string of the molecule is COc1cc(OC)cc(-c2nnc(NC(=O)[C@@H]3CCCN(S(=O)(=O)c4ccc(F)cc4)C3)o2)c1. The van der Waals surface area contributed by atoms with Crippen LogP contribution in [-0.2, 0) is 14.8 Å². The fourth-order valence-corrected chi connectivity index (χ4v) is 5.18. The summed E-state index contributed by atoms with van der Waals surface area (Å²) < 4.78 is 56.3. The van der Waals surface area contributed by atoms with Crippen LogP contribution < -0.4 is 14.8 Å². The molecule has 3 aromatic rings. The van der Waals surface area contributed by atoms with Crippen molar-refractivity contribution in [3.05, 3.63) is 48.3 Å². The molecule has 2 heterocycles. The van der Waals surface area contributed by atoms with Crippen LogP contribution in [0.4, 0.5) is 10.4 Å². The second kappa shape index (κ2) is 9.77. The molecule has 0 spiro atoms. The molecule has 0 radical (unpaired) electrons. The maximum absolute atomic E-state index is 13.2. The Morgan fingerprint density at radius 2 is 1.79 bits per heavy atom. The van der Waals surface area contributed by atoms with Crippen molar-refractivity contribution < 1.29 is 31.5 Å². The number of rotatable bonds is 7. The summed E-state index contributed by atoms with van der Waals surface area (Å²) in [5, 5.41) is 10.4. The minimum Gasteiger partial charge on any atom is -0.497 e. The molecule has 34 heavy (non-hydrogen) atoms. The van der Waals surface area contributed by atoms with E-state index in [0.717, 1.165) is 12.1 Å². The van der Waals surface area contributed by atoms with Gasteiger partial charge in [-0.2, -0.15) is 4.31 Å². The molecule has 1 amide bonds. The van der Waals surface area contributed by atoms with Gasteiger partial charge in [-0.1, -0.05) is 5.10 Å². The first-order chi connectivity index (χ1) is 16.3. The Morgan fingerprint density at radius 3 is 2.44 bits per heavy atom. The number of sulfonamides is 1. The molecule has 1 aromatic heterocycles. The molecule has 1 saturated heterocycles. The third-order valence-electron chi connectivity index (χ3n) is 5.46. The number of hydrogen-bond donors (Lipinski definition) is 1. The molecule has 12 heteroatoms. The van der Waals surface area contributed by atoms with Gasteiger partial charge in [-0.05, 0) is 49.2 Å². The second-order valence-corrected chi connectivity index (χ2v) is 9.60. The second-order valence-electron chi connectivity index (χ2n) is 7.66. The number of benzene rings is 2. The first-order valence-corrected chi connectivity index (χ1v) is 11.9.